The highest BCUT2D eigenvalue weighted by molar-refractivity contribution is 5.61. The zero-order chi connectivity index (χ0) is 8.89. The maximum Gasteiger partial charge on any atom is 0.129 e. The second kappa shape index (κ2) is 2.25. The smallest absolute Gasteiger partial charge is 0.129 e. The molecule has 1 spiro atoms. The third-order valence-electron chi connectivity index (χ3n) is 3.47. The van der Waals surface area contributed by atoms with Gasteiger partial charge in [-0.2, -0.15) is 0 Å². The van der Waals surface area contributed by atoms with Crippen LogP contribution in [0.25, 0.3) is 0 Å². The van der Waals surface area contributed by atoms with Crippen molar-refractivity contribution >= 4 is 5.69 Å². The highest BCUT2D eigenvalue weighted by Crippen LogP contribution is 2.50. The standard InChI is InChI=1S/C11H12FN/c12-8-3-1-4-9-10(8)11(7-13-9)5-2-6-11/h1,3-4,13H,2,5-7H2. The molecule has 0 unspecified atom stereocenters. The van der Waals surface area contributed by atoms with Crippen LogP contribution in [-0.4, -0.2) is 6.54 Å². The molecule has 2 heteroatoms. The van der Waals surface area contributed by atoms with Crippen molar-refractivity contribution in [2.24, 2.45) is 0 Å². The van der Waals surface area contributed by atoms with Crippen LogP contribution < -0.4 is 5.32 Å². The Balaban J connectivity index is 2.19. The van der Waals surface area contributed by atoms with E-state index in [4.69, 9.17) is 0 Å². The Bertz CT molecular complexity index is 355. The van der Waals surface area contributed by atoms with E-state index >= 15 is 0 Å². The molecule has 0 saturated heterocycles. The second-order valence-electron chi connectivity index (χ2n) is 4.15. The molecule has 1 saturated carbocycles. The third kappa shape index (κ3) is 0.808. The van der Waals surface area contributed by atoms with Crippen molar-refractivity contribution < 1.29 is 4.39 Å². The van der Waals surface area contributed by atoms with E-state index in [1.54, 1.807) is 12.1 Å². The highest BCUT2D eigenvalue weighted by atomic mass is 19.1. The summed E-state index contributed by atoms with van der Waals surface area (Å²) in [5.41, 5.74) is 2.11. The Hall–Kier alpha value is -1.05. The average Bonchev–Trinajstić information content (AvgIpc) is 2.44. The summed E-state index contributed by atoms with van der Waals surface area (Å²) < 4.78 is 13.6. The minimum Gasteiger partial charge on any atom is -0.384 e. The minimum absolute atomic E-state index is 0.0257. The first-order chi connectivity index (χ1) is 6.32. The molecule has 0 bridgehead atoms. The molecule has 1 heterocycles. The number of fused-ring (bicyclic) bond motifs is 2. The van der Waals surface area contributed by atoms with Crippen molar-refractivity contribution in [3.8, 4) is 0 Å². The second-order valence-corrected chi connectivity index (χ2v) is 4.15. The molecule has 1 aliphatic carbocycles. The van der Waals surface area contributed by atoms with Crippen molar-refractivity contribution in [1.29, 1.82) is 0 Å². The van der Waals surface area contributed by atoms with Crippen molar-refractivity contribution in [3.05, 3.63) is 29.6 Å². The Kier molecular flexibility index (Phi) is 1.27. The van der Waals surface area contributed by atoms with E-state index in [9.17, 15) is 4.39 Å². The molecule has 13 heavy (non-hydrogen) atoms. The zero-order valence-electron chi connectivity index (χ0n) is 7.44. The van der Waals surface area contributed by atoms with Crippen LogP contribution in [0.4, 0.5) is 10.1 Å². The molecule has 1 aromatic rings. The van der Waals surface area contributed by atoms with Crippen molar-refractivity contribution in [3.63, 3.8) is 0 Å². The summed E-state index contributed by atoms with van der Waals surface area (Å²) in [6, 6.07) is 5.33. The fraction of sp³-hybridized carbons (Fsp3) is 0.455. The summed E-state index contributed by atoms with van der Waals surface area (Å²) in [5.74, 6) is -0.0257. The van der Waals surface area contributed by atoms with Gasteiger partial charge >= 0.3 is 0 Å². The van der Waals surface area contributed by atoms with Gasteiger partial charge in [0, 0.05) is 23.2 Å². The molecule has 1 aliphatic heterocycles. The number of hydrogen-bond donors (Lipinski definition) is 1. The van der Waals surface area contributed by atoms with E-state index in [0.717, 1.165) is 30.6 Å². The van der Waals surface area contributed by atoms with Crippen LogP contribution in [0.2, 0.25) is 0 Å². The first kappa shape index (κ1) is 7.36. The molecular formula is C11H12FN. The first-order valence-electron chi connectivity index (χ1n) is 4.85. The number of nitrogens with one attached hydrogen (secondary N) is 1. The van der Waals surface area contributed by atoms with Gasteiger partial charge in [0.05, 0.1) is 0 Å². The predicted octanol–water partition coefficient (Wildman–Crippen LogP) is 2.67. The number of benzene rings is 1. The molecule has 0 radical (unpaired) electrons. The number of halogens is 1. The van der Waals surface area contributed by atoms with Crippen LogP contribution in [0.1, 0.15) is 24.8 Å². The highest BCUT2D eigenvalue weighted by Gasteiger charge is 2.45. The monoisotopic (exact) mass is 177 g/mol. The van der Waals surface area contributed by atoms with Gasteiger partial charge in [-0.25, -0.2) is 4.39 Å². The van der Waals surface area contributed by atoms with Gasteiger partial charge in [0.1, 0.15) is 5.82 Å². The van der Waals surface area contributed by atoms with E-state index in [1.807, 2.05) is 6.07 Å². The topological polar surface area (TPSA) is 12.0 Å². The maximum absolute atomic E-state index is 13.6. The normalized spacial score (nSPS) is 22.2. The molecular weight excluding hydrogens is 165 g/mol. The molecule has 68 valence electrons. The Morgan fingerprint density at radius 1 is 1.31 bits per heavy atom. The fourth-order valence-corrected chi connectivity index (χ4v) is 2.59. The molecule has 0 aromatic heterocycles. The van der Waals surface area contributed by atoms with Gasteiger partial charge in [-0.05, 0) is 25.0 Å². The summed E-state index contributed by atoms with van der Waals surface area (Å²) in [7, 11) is 0. The van der Waals surface area contributed by atoms with Gasteiger partial charge in [0.15, 0.2) is 0 Å². The lowest BCUT2D eigenvalue weighted by Crippen LogP contribution is -2.36. The van der Waals surface area contributed by atoms with E-state index < -0.39 is 0 Å². The Labute approximate surface area is 77.0 Å². The summed E-state index contributed by atoms with van der Waals surface area (Å²) in [6.07, 6.45) is 3.54. The zero-order valence-corrected chi connectivity index (χ0v) is 7.44. The van der Waals surface area contributed by atoms with E-state index in [1.165, 1.54) is 6.42 Å². The molecule has 1 fully saturated rings. The summed E-state index contributed by atoms with van der Waals surface area (Å²) in [5, 5.41) is 3.29. The molecule has 2 aliphatic rings. The number of rotatable bonds is 0. The van der Waals surface area contributed by atoms with Crippen LogP contribution in [0.3, 0.4) is 0 Å². The van der Waals surface area contributed by atoms with Crippen LogP contribution >= 0.6 is 0 Å². The Morgan fingerprint density at radius 3 is 2.85 bits per heavy atom. The average molecular weight is 177 g/mol. The lowest BCUT2D eigenvalue weighted by molar-refractivity contribution is 0.264. The van der Waals surface area contributed by atoms with Gasteiger partial charge in [-0.3, -0.25) is 0 Å². The van der Waals surface area contributed by atoms with Crippen molar-refractivity contribution in [2.45, 2.75) is 24.7 Å². The molecule has 0 atom stereocenters. The van der Waals surface area contributed by atoms with Gasteiger partial charge in [-0.1, -0.05) is 12.5 Å². The quantitative estimate of drug-likeness (QED) is 0.642. The predicted molar refractivity (Wildman–Crippen MR) is 50.4 cm³/mol. The van der Waals surface area contributed by atoms with Gasteiger partial charge in [0.25, 0.3) is 0 Å². The van der Waals surface area contributed by atoms with Gasteiger partial charge in [-0.15, -0.1) is 0 Å². The molecule has 3 rings (SSSR count). The lowest BCUT2D eigenvalue weighted by atomic mass is 9.65. The third-order valence-corrected chi connectivity index (χ3v) is 3.47. The van der Waals surface area contributed by atoms with E-state index in [-0.39, 0.29) is 11.2 Å². The van der Waals surface area contributed by atoms with Gasteiger partial charge in [0.2, 0.25) is 0 Å². The molecule has 0 amide bonds. The summed E-state index contributed by atoms with van der Waals surface area (Å²) in [4.78, 5) is 0. The van der Waals surface area contributed by atoms with Crippen LogP contribution in [-0.2, 0) is 5.41 Å². The fourth-order valence-electron chi connectivity index (χ4n) is 2.59. The summed E-state index contributed by atoms with van der Waals surface area (Å²) >= 11 is 0. The van der Waals surface area contributed by atoms with E-state index in [0.29, 0.717) is 0 Å². The summed E-state index contributed by atoms with van der Waals surface area (Å²) in [6.45, 7) is 0.934. The number of hydrogen-bond acceptors (Lipinski definition) is 1. The van der Waals surface area contributed by atoms with Gasteiger partial charge < -0.3 is 5.32 Å². The lowest BCUT2D eigenvalue weighted by Gasteiger charge is -2.38. The van der Waals surface area contributed by atoms with Crippen LogP contribution in [0.5, 0.6) is 0 Å². The van der Waals surface area contributed by atoms with Crippen molar-refractivity contribution in [2.75, 3.05) is 11.9 Å². The Morgan fingerprint density at radius 2 is 2.15 bits per heavy atom. The minimum atomic E-state index is -0.0257. The van der Waals surface area contributed by atoms with Crippen molar-refractivity contribution in [1.82, 2.24) is 0 Å². The molecule has 1 N–H and O–H groups in total. The largest absolute Gasteiger partial charge is 0.384 e. The van der Waals surface area contributed by atoms with E-state index in [2.05, 4.69) is 5.32 Å². The number of anilines is 1. The van der Waals surface area contributed by atoms with Crippen LogP contribution in [0, 0.1) is 5.82 Å². The molecule has 1 aromatic carbocycles. The molecule has 1 nitrogen and oxygen atoms in total. The maximum atomic E-state index is 13.6. The first-order valence-corrected chi connectivity index (χ1v) is 4.85. The van der Waals surface area contributed by atoms with Crippen LogP contribution in [0.15, 0.2) is 18.2 Å². The SMILES string of the molecule is Fc1cccc2c1C1(CCC1)CN2.